The molecule has 0 fully saturated rings. The molecule has 1 aromatic carbocycles. The Morgan fingerprint density at radius 1 is 1.28 bits per heavy atom. The number of amides is 2. The van der Waals surface area contributed by atoms with E-state index in [-0.39, 0.29) is 43.0 Å². The van der Waals surface area contributed by atoms with Crippen molar-refractivity contribution < 1.29 is 28.6 Å². The van der Waals surface area contributed by atoms with Crippen LogP contribution in [0.4, 0.5) is 4.39 Å². The number of nitrogens with zero attached hydrogens (tertiary/aromatic N) is 3. The lowest BCUT2D eigenvalue weighted by molar-refractivity contribution is -0.128. The third-order valence-corrected chi connectivity index (χ3v) is 6.58. The Bertz CT molecular complexity index is 1280. The second-order valence-corrected chi connectivity index (χ2v) is 8.86. The first-order chi connectivity index (χ1) is 17.2. The van der Waals surface area contributed by atoms with Crippen molar-refractivity contribution in [1.82, 2.24) is 19.8 Å². The number of carbonyl (C=O) groups excluding carboxylic acids is 2. The summed E-state index contributed by atoms with van der Waals surface area (Å²) in [5, 5.41) is 13.0. The smallest absolute Gasteiger partial charge is 0.296 e. The molecule has 2 aliphatic heterocycles. The van der Waals surface area contributed by atoms with Crippen molar-refractivity contribution >= 4 is 23.4 Å². The molecule has 192 valence electrons. The SMILES string of the molecule is CC[C@H]1COC[C@@H]2c3nc(c(O)c(=O)n31)C(=O)NCc1ccc(F)c(Cl)c1OCC/C=C/C(=O)N2C. The van der Waals surface area contributed by atoms with E-state index in [1.54, 1.807) is 6.08 Å². The number of nitrogens with one attached hydrogen (secondary N) is 1. The normalized spacial score (nSPS) is 21.7. The van der Waals surface area contributed by atoms with Gasteiger partial charge in [-0.25, -0.2) is 9.37 Å². The van der Waals surface area contributed by atoms with E-state index in [1.807, 2.05) is 6.92 Å². The van der Waals surface area contributed by atoms with Crippen LogP contribution in [0.25, 0.3) is 0 Å². The number of carbonyl (C=O) groups is 2. The highest BCUT2D eigenvalue weighted by Gasteiger charge is 2.34. The zero-order valence-electron chi connectivity index (χ0n) is 19.8. The number of ether oxygens (including phenoxy) is 2. The van der Waals surface area contributed by atoms with Crippen LogP contribution in [0.3, 0.4) is 0 Å². The number of hydrogen-bond acceptors (Lipinski definition) is 7. The number of hydrogen-bond donors (Lipinski definition) is 2. The van der Waals surface area contributed by atoms with Gasteiger partial charge in [0.25, 0.3) is 11.5 Å². The number of aromatic nitrogens is 2. The average molecular weight is 521 g/mol. The van der Waals surface area contributed by atoms with Crippen LogP contribution in [0.2, 0.25) is 5.02 Å². The fourth-order valence-corrected chi connectivity index (χ4v) is 4.39. The summed E-state index contributed by atoms with van der Waals surface area (Å²) in [6.07, 6.45) is 3.78. The maximum atomic E-state index is 14.1. The summed E-state index contributed by atoms with van der Waals surface area (Å²) in [4.78, 5) is 44.9. The van der Waals surface area contributed by atoms with Crippen molar-refractivity contribution in [3.8, 4) is 11.5 Å². The first-order valence-corrected chi connectivity index (χ1v) is 11.9. The van der Waals surface area contributed by atoms with Gasteiger partial charge in [-0.2, -0.15) is 0 Å². The standard InChI is InChI=1S/C24H26ClFN4O6/c1-3-14-11-35-12-16-22-28-19(20(32)24(34)30(14)22)23(33)27-10-13-7-8-15(26)18(25)21(13)36-9-5-4-6-17(31)29(16)2/h4,6-8,14,16,32H,3,5,9-12H2,1-2H3,(H,27,33)/b6-4+/t14-,16+/m0/s1. The Hall–Kier alpha value is -3.44. The molecule has 12 heteroatoms. The van der Waals surface area contributed by atoms with E-state index in [9.17, 15) is 23.9 Å². The molecule has 10 nitrogen and oxygen atoms in total. The van der Waals surface area contributed by atoms with E-state index >= 15 is 0 Å². The molecule has 0 saturated carbocycles. The number of rotatable bonds is 1. The van der Waals surface area contributed by atoms with Crippen LogP contribution < -0.4 is 15.6 Å². The van der Waals surface area contributed by atoms with Crippen LogP contribution in [0.5, 0.6) is 11.5 Å². The van der Waals surface area contributed by atoms with E-state index in [0.717, 1.165) is 6.07 Å². The fourth-order valence-electron chi connectivity index (χ4n) is 4.15. The van der Waals surface area contributed by atoms with E-state index in [0.29, 0.717) is 18.4 Å². The van der Waals surface area contributed by atoms with Crippen LogP contribution in [0.1, 0.15) is 53.7 Å². The maximum Gasteiger partial charge on any atom is 0.296 e. The van der Waals surface area contributed by atoms with Gasteiger partial charge in [-0.15, -0.1) is 0 Å². The molecule has 1 aromatic heterocycles. The van der Waals surface area contributed by atoms with Crippen LogP contribution in [-0.2, 0) is 16.1 Å². The molecule has 2 aromatic rings. The molecule has 0 saturated heterocycles. The van der Waals surface area contributed by atoms with Crippen molar-refractivity contribution in [1.29, 1.82) is 0 Å². The monoisotopic (exact) mass is 520 g/mol. The number of benzene rings is 1. The van der Waals surface area contributed by atoms with Crippen LogP contribution in [-0.4, -0.2) is 58.2 Å². The molecule has 0 aliphatic carbocycles. The van der Waals surface area contributed by atoms with Gasteiger partial charge < -0.3 is 24.8 Å². The van der Waals surface area contributed by atoms with E-state index < -0.39 is 46.7 Å². The van der Waals surface area contributed by atoms with Crippen LogP contribution in [0, 0.1) is 5.82 Å². The highest BCUT2D eigenvalue weighted by atomic mass is 35.5. The van der Waals surface area contributed by atoms with Crippen molar-refractivity contribution in [2.24, 2.45) is 0 Å². The predicted molar refractivity (Wildman–Crippen MR) is 128 cm³/mol. The van der Waals surface area contributed by atoms with E-state index in [1.165, 1.54) is 28.7 Å². The molecule has 2 aliphatic rings. The summed E-state index contributed by atoms with van der Waals surface area (Å²) in [5.74, 6) is -2.56. The van der Waals surface area contributed by atoms with Crippen molar-refractivity contribution in [2.45, 2.75) is 38.4 Å². The number of likely N-dealkylation sites (N-methyl/N-ethyl adjacent to an activating group) is 1. The zero-order valence-corrected chi connectivity index (χ0v) is 20.5. The van der Waals surface area contributed by atoms with E-state index in [4.69, 9.17) is 21.1 Å². The zero-order chi connectivity index (χ0) is 26.0. The Morgan fingerprint density at radius 3 is 2.81 bits per heavy atom. The first-order valence-electron chi connectivity index (χ1n) is 11.5. The molecule has 0 spiro atoms. The molecule has 2 atom stereocenters. The van der Waals surface area contributed by atoms with Gasteiger partial charge in [-0.1, -0.05) is 30.7 Å². The summed E-state index contributed by atoms with van der Waals surface area (Å²) in [6.45, 7) is 2.04. The summed E-state index contributed by atoms with van der Waals surface area (Å²) in [7, 11) is 1.54. The van der Waals surface area contributed by atoms with Crippen LogP contribution in [0.15, 0.2) is 29.1 Å². The Balaban J connectivity index is 1.85. The predicted octanol–water partition coefficient (Wildman–Crippen LogP) is 2.49. The van der Waals surface area contributed by atoms with Gasteiger partial charge in [0.15, 0.2) is 5.69 Å². The van der Waals surface area contributed by atoms with Gasteiger partial charge in [-0.3, -0.25) is 19.0 Å². The minimum atomic E-state index is -0.836. The lowest BCUT2D eigenvalue weighted by Gasteiger charge is -2.27. The average Bonchev–Trinajstić information content (AvgIpc) is 3.05. The summed E-state index contributed by atoms with van der Waals surface area (Å²) < 4.78 is 26.8. The third kappa shape index (κ3) is 4.80. The highest BCUT2D eigenvalue weighted by Crippen LogP contribution is 2.32. The van der Waals surface area contributed by atoms with Gasteiger partial charge >= 0.3 is 0 Å². The Labute approximate surface area is 211 Å². The minimum absolute atomic E-state index is 0.0445. The van der Waals surface area contributed by atoms with Gasteiger partial charge in [0.1, 0.15) is 28.5 Å². The van der Waals surface area contributed by atoms with Crippen molar-refractivity contribution in [3.63, 3.8) is 0 Å². The van der Waals surface area contributed by atoms with E-state index in [2.05, 4.69) is 10.3 Å². The molecule has 2 N–H and O–H groups in total. The van der Waals surface area contributed by atoms with Crippen molar-refractivity contribution in [2.75, 3.05) is 26.9 Å². The summed E-state index contributed by atoms with van der Waals surface area (Å²) in [6, 6.07) is 1.32. The largest absolute Gasteiger partial charge is 0.501 e. The minimum Gasteiger partial charge on any atom is -0.501 e. The molecule has 3 heterocycles. The van der Waals surface area contributed by atoms with Gasteiger partial charge in [0.2, 0.25) is 11.7 Å². The van der Waals surface area contributed by atoms with Gasteiger partial charge in [0.05, 0.1) is 25.9 Å². The summed E-state index contributed by atoms with van der Waals surface area (Å²) >= 11 is 6.09. The first kappa shape index (κ1) is 25.6. The number of aromatic hydroxyl groups is 1. The maximum absolute atomic E-state index is 14.1. The number of halogens is 2. The molecular weight excluding hydrogens is 495 g/mol. The van der Waals surface area contributed by atoms with Gasteiger partial charge in [0, 0.05) is 19.2 Å². The molecule has 2 amide bonds. The van der Waals surface area contributed by atoms with Gasteiger partial charge in [-0.05, 0) is 25.0 Å². The molecule has 4 rings (SSSR count). The molecule has 0 radical (unpaired) electrons. The molecule has 36 heavy (non-hydrogen) atoms. The van der Waals surface area contributed by atoms with Crippen molar-refractivity contribution in [3.05, 3.63) is 62.6 Å². The fraction of sp³-hybridized carbons (Fsp3) is 0.417. The van der Waals surface area contributed by atoms with Crippen LogP contribution >= 0.6 is 11.6 Å². The molecular formula is C24H26ClFN4O6. The second kappa shape index (κ2) is 10.7. The molecule has 0 unspecified atom stereocenters. The third-order valence-electron chi connectivity index (χ3n) is 6.23. The number of fused-ring (bicyclic) bond motifs is 2. The molecule has 2 bridgehead atoms. The Morgan fingerprint density at radius 2 is 2.06 bits per heavy atom. The quantitative estimate of drug-likeness (QED) is 0.592. The lowest BCUT2D eigenvalue weighted by atomic mass is 10.1. The topological polar surface area (TPSA) is 123 Å². The summed E-state index contributed by atoms with van der Waals surface area (Å²) in [5.41, 5.74) is -0.920. The highest BCUT2D eigenvalue weighted by molar-refractivity contribution is 6.32. The Kier molecular flexibility index (Phi) is 7.60. The lowest BCUT2D eigenvalue weighted by Crippen LogP contribution is -2.39. The second-order valence-electron chi connectivity index (χ2n) is 8.48.